The van der Waals surface area contributed by atoms with E-state index in [0.29, 0.717) is 33.6 Å². The van der Waals surface area contributed by atoms with Gasteiger partial charge in [0.2, 0.25) is 6.79 Å². The molecular weight excluding hydrogens is 340 g/mol. The number of benzene rings is 2. The highest BCUT2D eigenvalue weighted by atomic mass is 16.7. The van der Waals surface area contributed by atoms with E-state index in [1.54, 1.807) is 31.2 Å². The lowest BCUT2D eigenvalue weighted by atomic mass is 10.1. The lowest BCUT2D eigenvalue weighted by Gasteiger charge is -2.09. The van der Waals surface area contributed by atoms with Crippen molar-refractivity contribution in [1.82, 2.24) is 0 Å². The summed E-state index contributed by atoms with van der Waals surface area (Å²) in [5, 5.41) is 10.4. The second-order valence-corrected chi connectivity index (χ2v) is 5.82. The minimum Gasteiger partial charge on any atom is -0.508 e. The van der Waals surface area contributed by atoms with Crippen LogP contribution in [0.2, 0.25) is 0 Å². The molecule has 7 heteroatoms. The molecule has 1 aliphatic rings. The Balaban J connectivity index is 1.61. The number of rotatable bonds is 3. The van der Waals surface area contributed by atoms with Crippen molar-refractivity contribution in [3.8, 4) is 17.2 Å². The molecule has 0 aliphatic carbocycles. The summed E-state index contributed by atoms with van der Waals surface area (Å²) in [5.74, 6) is 0.523. The summed E-state index contributed by atoms with van der Waals surface area (Å²) in [5.41, 5.74) is 0.944. The van der Waals surface area contributed by atoms with Gasteiger partial charge in [-0.15, -0.1) is 0 Å². The summed E-state index contributed by atoms with van der Waals surface area (Å²) < 4.78 is 20.9. The van der Waals surface area contributed by atoms with Gasteiger partial charge >= 0.3 is 11.6 Å². The summed E-state index contributed by atoms with van der Waals surface area (Å²) in [6, 6.07) is 9.15. The maximum atomic E-state index is 12.3. The number of hydrogen-bond donors (Lipinski definition) is 1. The van der Waals surface area contributed by atoms with Gasteiger partial charge in [0.05, 0.1) is 5.56 Å². The molecule has 0 fully saturated rings. The maximum Gasteiger partial charge on any atom is 0.338 e. The van der Waals surface area contributed by atoms with Crippen LogP contribution in [0.15, 0.2) is 45.6 Å². The number of carbonyl (C=O) groups excluding carboxylic acids is 1. The molecular formula is C19H14O7. The number of ether oxygens (including phenoxy) is 3. The number of fused-ring (bicyclic) bond motifs is 2. The Morgan fingerprint density at radius 1 is 1.15 bits per heavy atom. The SMILES string of the molecule is Cc1c(O)ccc2c(COC(=O)c3ccc4c(c3)OCO4)cc(=O)oc12. The Morgan fingerprint density at radius 2 is 1.96 bits per heavy atom. The smallest absolute Gasteiger partial charge is 0.338 e. The molecule has 0 atom stereocenters. The molecule has 0 bridgehead atoms. The van der Waals surface area contributed by atoms with E-state index in [2.05, 4.69) is 0 Å². The largest absolute Gasteiger partial charge is 0.508 e. The Bertz CT molecular complexity index is 1080. The quantitative estimate of drug-likeness (QED) is 0.571. The van der Waals surface area contributed by atoms with Crippen LogP contribution in [0.3, 0.4) is 0 Å². The molecule has 1 aromatic heterocycles. The third-order valence-electron chi connectivity index (χ3n) is 4.19. The van der Waals surface area contributed by atoms with E-state index in [1.807, 2.05) is 0 Å². The van der Waals surface area contributed by atoms with Crippen LogP contribution in [0.4, 0.5) is 0 Å². The number of aryl methyl sites for hydroxylation is 1. The fourth-order valence-corrected chi connectivity index (χ4v) is 2.79. The average molecular weight is 354 g/mol. The molecule has 7 nitrogen and oxygen atoms in total. The van der Waals surface area contributed by atoms with Gasteiger partial charge in [0, 0.05) is 22.6 Å². The molecule has 132 valence electrons. The molecule has 0 unspecified atom stereocenters. The normalized spacial score (nSPS) is 12.3. The molecule has 0 amide bonds. The lowest BCUT2D eigenvalue weighted by molar-refractivity contribution is 0.0473. The van der Waals surface area contributed by atoms with Gasteiger partial charge in [-0.2, -0.15) is 0 Å². The third kappa shape index (κ3) is 2.73. The van der Waals surface area contributed by atoms with Crippen LogP contribution < -0.4 is 15.1 Å². The monoisotopic (exact) mass is 354 g/mol. The predicted octanol–water partition coefficient (Wildman–Crippen LogP) is 2.89. The highest BCUT2D eigenvalue weighted by Crippen LogP contribution is 2.33. The summed E-state index contributed by atoms with van der Waals surface area (Å²) in [6.45, 7) is 1.65. The molecule has 0 spiro atoms. The first-order valence-electron chi connectivity index (χ1n) is 7.85. The second-order valence-electron chi connectivity index (χ2n) is 5.82. The van der Waals surface area contributed by atoms with E-state index < -0.39 is 11.6 Å². The molecule has 0 radical (unpaired) electrons. The number of aromatic hydroxyl groups is 1. The van der Waals surface area contributed by atoms with Crippen molar-refractivity contribution >= 4 is 16.9 Å². The minimum atomic E-state index is -0.583. The van der Waals surface area contributed by atoms with E-state index >= 15 is 0 Å². The van der Waals surface area contributed by atoms with Gasteiger partial charge < -0.3 is 23.7 Å². The van der Waals surface area contributed by atoms with Gasteiger partial charge in [-0.3, -0.25) is 0 Å². The molecule has 3 aromatic rings. The highest BCUT2D eigenvalue weighted by molar-refractivity contribution is 5.91. The zero-order chi connectivity index (χ0) is 18.3. The fourth-order valence-electron chi connectivity index (χ4n) is 2.79. The maximum absolute atomic E-state index is 12.3. The number of esters is 1. The first-order valence-corrected chi connectivity index (χ1v) is 7.85. The van der Waals surface area contributed by atoms with Gasteiger partial charge in [0.25, 0.3) is 0 Å². The number of carbonyl (C=O) groups is 1. The van der Waals surface area contributed by atoms with E-state index in [1.165, 1.54) is 12.1 Å². The van der Waals surface area contributed by atoms with Crippen molar-refractivity contribution in [3.63, 3.8) is 0 Å². The van der Waals surface area contributed by atoms with Crippen LogP contribution in [-0.2, 0) is 11.3 Å². The Labute approximate surface area is 147 Å². The summed E-state index contributed by atoms with van der Waals surface area (Å²) in [6.07, 6.45) is 0. The van der Waals surface area contributed by atoms with Crippen LogP contribution in [0.25, 0.3) is 11.0 Å². The van der Waals surface area contributed by atoms with Crippen LogP contribution in [0, 0.1) is 6.92 Å². The van der Waals surface area contributed by atoms with Crippen LogP contribution in [0.1, 0.15) is 21.5 Å². The van der Waals surface area contributed by atoms with Crippen molar-refractivity contribution in [2.75, 3.05) is 6.79 Å². The third-order valence-corrected chi connectivity index (χ3v) is 4.19. The molecule has 0 saturated heterocycles. The average Bonchev–Trinajstić information content (AvgIpc) is 3.10. The van der Waals surface area contributed by atoms with Crippen LogP contribution in [-0.4, -0.2) is 17.9 Å². The Hall–Kier alpha value is -3.48. The predicted molar refractivity (Wildman–Crippen MR) is 90.6 cm³/mol. The van der Waals surface area contributed by atoms with E-state index in [-0.39, 0.29) is 24.7 Å². The van der Waals surface area contributed by atoms with E-state index in [4.69, 9.17) is 18.6 Å². The van der Waals surface area contributed by atoms with Crippen molar-refractivity contribution in [2.45, 2.75) is 13.5 Å². The highest BCUT2D eigenvalue weighted by Gasteiger charge is 2.18. The topological polar surface area (TPSA) is 95.2 Å². The summed E-state index contributed by atoms with van der Waals surface area (Å²) in [4.78, 5) is 24.1. The summed E-state index contributed by atoms with van der Waals surface area (Å²) >= 11 is 0. The van der Waals surface area contributed by atoms with Crippen LogP contribution in [0.5, 0.6) is 17.2 Å². The number of hydrogen-bond acceptors (Lipinski definition) is 7. The molecule has 0 saturated carbocycles. The van der Waals surface area contributed by atoms with Crippen molar-refractivity contribution in [1.29, 1.82) is 0 Å². The Kier molecular flexibility index (Phi) is 3.76. The molecule has 1 N–H and O–H groups in total. The van der Waals surface area contributed by atoms with Gasteiger partial charge in [-0.05, 0) is 37.3 Å². The molecule has 2 aromatic carbocycles. The van der Waals surface area contributed by atoms with Crippen LogP contribution >= 0.6 is 0 Å². The van der Waals surface area contributed by atoms with Gasteiger partial charge in [-0.1, -0.05) is 0 Å². The minimum absolute atomic E-state index is 0.0233. The lowest BCUT2D eigenvalue weighted by Crippen LogP contribution is -2.08. The van der Waals surface area contributed by atoms with E-state index in [9.17, 15) is 14.7 Å². The summed E-state index contributed by atoms with van der Waals surface area (Å²) in [7, 11) is 0. The van der Waals surface area contributed by atoms with Gasteiger partial charge in [0.15, 0.2) is 11.5 Å². The number of phenols is 1. The number of phenolic OH excluding ortho intramolecular Hbond substituents is 1. The second kappa shape index (κ2) is 6.11. The zero-order valence-electron chi connectivity index (χ0n) is 13.8. The zero-order valence-corrected chi connectivity index (χ0v) is 13.8. The molecule has 4 rings (SSSR count). The van der Waals surface area contributed by atoms with Crippen molar-refractivity contribution in [2.24, 2.45) is 0 Å². The molecule has 1 aliphatic heterocycles. The van der Waals surface area contributed by atoms with Gasteiger partial charge in [0.1, 0.15) is 17.9 Å². The molecule has 2 heterocycles. The standard InChI is InChI=1S/C19H14O7/c1-10-14(20)4-3-13-12(7-17(21)26-18(10)13)8-23-19(22)11-2-5-15-16(6-11)25-9-24-15/h2-7,20H,8-9H2,1H3. The van der Waals surface area contributed by atoms with E-state index in [0.717, 1.165) is 0 Å². The fraction of sp³-hybridized carbons (Fsp3) is 0.158. The van der Waals surface area contributed by atoms with Gasteiger partial charge in [-0.25, -0.2) is 9.59 Å². The van der Waals surface area contributed by atoms with Crippen molar-refractivity contribution in [3.05, 3.63) is 63.5 Å². The Morgan fingerprint density at radius 3 is 2.81 bits per heavy atom. The first kappa shape index (κ1) is 16.0. The van der Waals surface area contributed by atoms with Crippen molar-refractivity contribution < 1.29 is 28.5 Å². The molecule has 26 heavy (non-hydrogen) atoms. The first-order chi connectivity index (χ1) is 12.5.